The monoisotopic (exact) mass is 361 g/mol. The first-order valence-electron chi connectivity index (χ1n) is 8.69. The third kappa shape index (κ3) is 3.06. The molecule has 0 fully saturated rings. The van der Waals surface area contributed by atoms with Crippen LogP contribution in [0.3, 0.4) is 0 Å². The Balaban J connectivity index is 1.78. The van der Waals surface area contributed by atoms with Crippen LogP contribution in [-0.4, -0.2) is 29.8 Å². The van der Waals surface area contributed by atoms with Crippen molar-refractivity contribution < 1.29 is 14.3 Å². The standard InChI is InChI=1S/C21H19N3O3/c1-3-27-18-11-8-13-6-4-5-7-15(13)19(18)21(25)22-20-16-12-14(26-2)9-10-17(16)23-24-20/h4-12H,3H2,1-2H3,(H2,22,23,24,25). The average Bonchev–Trinajstić information content (AvgIpc) is 3.09. The van der Waals surface area contributed by atoms with Crippen LogP contribution in [0, 0.1) is 0 Å². The molecule has 136 valence electrons. The van der Waals surface area contributed by atoms with Crippen LogP contribution in [-0.2, 0) is 0 Å². The fourth-order valence-corrected chi connectivity index (χ4v) is 3.15. The van der Waals surface area contributed by atoms with Crippen LogP contribution in [0.1, 0.15) is 17.3 Å². The number of carbonyl (C=O) groups is 1. The number of nitrogens with one attached hydrogen (secondary N) is 2. The van der Waals surface area contributed by atoms with E-state index in [1.54, 1.807) is 7.11 Å². The Hall–Kier alpha value is -3.54. The lowest BCUT2D eigenvalue weighted by Gasteiger charge is -2.13. The molecule has 27 heavy (non-hydrogen) atoms. The summed E-state index contributed by atoms with van der Waals surface area (Å²) in [5.41, 5.74) is 1.31. The molecule has 6 heteroatoms. The molecule has 0 spiro atoms. The quantitative estimate of drug-likeness (QED) is 0.553. The van der Waals surface area contributed by atoms with Gasteiger partial charge in [0.05, 0.1) is 24.8 Å². The zero-order valence-electron chi connectivity index (χ0n) is 15.1. The van der Waals surface area contributed by atoms with Gasteiger partial charge in [0, 0.05) is 5.39 Å². The highest BCUT2D eigenvalue weighted by Crippen LogP contribution is 2.30. The molecule has 0 saturated heterocycles. The predicted molar refractivity (Wildman–Crippen MR) is 106 cm³/mol. The number of nitrogens with zero attached hydrogens (tertiary/aromatic N) is 1. The van der Waals surface area contributed by atoms with E-state index >= 15 is 0 Å². The van der Waals surface area contributed by atoms with E-state index in [0.29, 0.717) is 29.5 Å². The van der Waals surface area contributed by atoms with Gasteiger partial charge in [-0.2, -0.15) is 5.10 Å². The van der Waals surface area contributed by atoms with Crippen molar-refractivity contribution in [1.82, 2.24) is 10.2 Å². The molecule has 0 bridgehead atoms. The van der Waals surface area contributed by atoms with Crippen molar-refractivity contribution in [3.8, 4) is 11.5 Å². The summed E-state index contributed by atoms with van der Waals surface area (Å²) in [4.78, 5) is 13.1. The van der Waals surface area contributed by atoms with E-state index in [1.807, 2.05) is 61.5 Å². The number of hydrogen-bond donors (Lipinski definition) is 2. The molecule has 1 amide bonds. The number of hydrogen-bond acceptors (Lipinski definition) is 4. The Bertz CT molecular complexity index is 1130. The second-order valence-electron chi connectivity index (χ2n) is 6.03. The zero-order chi connectivity index (χ0) is 18.8. The largest absolute Gasteiger partial charge is 0.497 e. The van der Waals surface area contributed by atoms with E-state index < -0.39 is 0 Å². The van der Waals surface area contributed by atoms with Crippen molar-refractivity contribution in [1.29, 1.82) is 0 Å². The molecular weight excluding hydrogens is 342 g/mol. The van der Waals surface area contributed by atoms with Crippen molar-refractivity contribution in [3.63, 3.8) is 0 Å². The Morgan fingerprint density at radius 3 is 2.78 bits per heavy atom. The summed E-state index contributed by atoms with van der Waals surface area (Å²) in [7, 11) is 1.60. The van der Waals surface area contributed by atoms with Crippen LogP contribution in [0.15, 0.2) is 54.6 Å². The van der Waals surface area contributed by atoms with Gasteiger partial charge >= 0.3 is 0 Å². The molecule has 0 aliphatic carbocycles. The summed E-state index contributed by atoms with van der Waals surface area (Å²) in [6, 6.07) is 17.0. The van der Waals surface area contributed by atoms with Crippen molar-refractivity contribution >= 4 is 33.4 Å². The second-order valence-corrected chi connectivity index (χ2v) is 6.03. The first-order valence-corrected chi connectivity index (χ1v) is 8.69. The fourth-order valence-electron chi connectivity index (χ4n) is 3.15. The third-order valence-corrected chi connectivity index (χ3v) is 4.42. The van der Waals surface area contributed by atoms with Crippen molar-refractivity contribution in [2.24, 2.45) is 0 Å². The fraction of sp³-hybridized carbons (Fsp3) is 0.143. The molecule has 0 unspecified atom stereocenters. The predicted octanol–water partition coefficient (Wildman–Crippen LogP) is 4.38. The molecule has 3 aromatic carbocycles. The molecular formula is C21H19N3O3. The van der Waals surface area contributed by atoms with Crippen LogP contribution in [0.4, 0.5) is 5.82 Å². The van der Waals surface area contributed by atoms with E-state index in [9.17, 15) is 4.79 Å². The number of H-pyrrole nitrogens is 1. The number of anilines is 1. The normalized spacial score (nSPS) is 10.9. The lowest BCUT2D eigenvalue weighted by atomic mass is 10.0. The minimum Gasteiger partial charge on any atom is -0.497 e. The maximum Gasteiger partial charge on any atom is 0.261 e. The summed E-state index contributed by atoms with van der Waals surface area (Å²) in [5.74, 6) is 1.42. The lowest BCUT2D eigenvalue weighted by Crippen LogP contribution is -2.15. The van der Waals surface area contributed by atoms with E-state index in [2.05, 4.69) is 15.5 Å². The van der Waals surface area contributed by atoms with E-state index in [0.717, 1.165) is 21.7 Å². The van der Waals surface area contributed by atoms with Gasteiger partial charge in [0.15, 0.2) is 5.82 Å². The van der Waals surface area contributed by atoms with Crippen LogP contribution in [0.2, 0.25) is 0 Å². The number of ether oxygens (including phenoxy) is 2. The smallest absolute Gasteiger partial charge is 0.261 e. The Labute approximate surface area is 156 Å². The number of aromatic nitrogens is 2. The Kier molecular flexibility index (Phi) is 4.38. The number of carbonyl (C=O) groups excluding carboxylic acids is 1. The molecule has 0 aliphatic heterocycles. The number of methoxy groups -OCH3 is 1. The highest BCUT2D eigenvalue weighted by Gasteiger charge is 2.19. The lowest BCUT2D eigenvalue weighted by molar-refractivity contribution is 0.102. The van der Waals surface area contributed by atoms with Gasteiger partial charge < -0.3 is 14.8 Å². The van der Waals surface area contributed by atoms with E-state index in [1.165, 1.54) is 0 Å². The van der Waals surface area contributed by atoms with E-state index in [-0.39, 0.29) is 5.91 Å². The Morgan fingerprint density at radius 2 is 1.96 bits per heavy atom. The highest BCUT2D eigenvalue weighted by atomic mass is 16.5. The van der Waals surface area contributed by atoms with E-state index in [4.69, 9.17) is 9.47 Å². The van der Waals surface area contributed by atoms with Gasteiger partial charge in [-0.15, -0.1) is 0 Å². The summed E-state index contributed by atoms with van der Waals surface area (Å²) < 4.78 is 11.0. The van der Waals surface area contributed by atoms with Crippen LogP contribution < -0.4 is 14.8 Å². The number of fused-ring (bicyclic) bond motifs is 2. The van der Waals surface area contributed by atoms with Crippen LogP contribution in [0.5, 0.6) is 11.5 Å². The van der Waals surface area contributed by atoms with Gasteiger partial charge in [-0.3, -0.25) is 9.89 Å². The van der Waals surface area contributed by atoms with Gasteiger partial charge in [-0.05, 0) is 42.0 Å². The van der Waals surface area contributed by atoms with Crippen LogP contribution >= 0.6 is 0 Å². The molecule has 0 atom stereocenters. The molecule has 1 heterocycles. The maximum absolute atomic E-state index is 13.1. The average molecular weight is 361 g/mol. The summed E-state index contributed by atoms with van der Waals surface area (Å²) in [6.07, 6.45) is 0. The number of rotatable bonds is 5. The second kappa shape index (κ2) is 6.99. The molecule has 4 rings (SSSR count). The summed E-state index contributed by atoms with van der Waals surface area (Å²) in [6.45, 7) is 2.37. The third-order valence-electron chi connectivity index (χ3n) is 4.42. The minimum absolute atomic E-state index is 0.272. The number of aromatic amines is 1. The molecule has 0 radical (unpaired) electrons. The van der Waals surface area contributed by atoms with Gasteiger partial charge in [-0.25, -0.2) is 0 Å². The van der Waals surface area contributed by atoms with Gasteiger partial charge in [0.1, 0.15) is 11.5 Å². The first kappa shape index (κ1) is 16.9. The highest BCUT2D eigenvalue weighted by molar-refractivity contribution is 6.16. The van der Waals surface area contributed by atoms with Crippen molar-refractivity contribution in [2.75, 3.05) is 19.0 Å². The molecule has 4 aromatic rings. The number of amides is 1. The minimum atomic E-state index is -0.272. The van der Waals surface area contributed by atoms with Gasteiger partial charge in [-0.1, -0.05) is 30.3 Å². The molecule has 0 saturated carbocycles. The molecule has 6 nitrogen and oxygen atoms in total. The molecule has 1 aromatic heterocycles. The summed E-state index contributed by atoms with van der Waals surface area (Å²) in [5, 5.41) is 12.6. The van der Waals surface area contributed by atoms with Crippen molar-refractivity contribution in [2.45, 2.75) is 6.92 Å². The zero-order valence-corrected chi connectivity index (χ0v) is 15.1. The topological polar surface area (TPSA) is 76.2 Å². The van der Waals surface area contributed by atoms with Gasteiger partial charge in [0.25, 0.3) is 5.91 Å². The molecule has 2 N–H and O–H groups in total. The SMILES string of the molecule is CCOc1ccc2ccccc2c1C(=O)Nc1n[nH]c2ccc(OC)cc12. The Morgan fingerprint density at radius 1 is 1.11 bits per heavy atom. The first-order chi connectivity index (χ1) is 13.2. The molecule has 0 aliphatic rings. The number of benzene rings is 3. The van der Waals surface area contributed by atoms with Gasteiger partial charge in [0.2, 0.25) is 0 Å². The van der Waals surface area contributed by atoms with Crippen LogP contribution in [0.25, 0.3) is 21.7 Å². The summed E-state index contributed by atoms with van der Waals surface area (Å²) >= 11 is 0. The maximum atomic E-state index is 13.1. The van der Waals surface area contributed by atoms with Crippen molar-refractivity contribution in [3.05, 3.63) is 60.2 Å².